The lowest BCUT2D eigenvalue weighted by atomic mass is 10.0. The molecule has 4 rings (SSSR count). The highest BCUT2D eigenvalue weighted by Crippen LogP contribution is 2.27. The Hall–Kier alpha value is -3.27. The van der Waals surface area contributed by atoms with Gasteiger partial charge in [-0.15, -0.1) is 0 Å². The van der Waals surface area contributed by atoms with Gasteiger partial charge >= 0.3 is 5.69 Å². The number of aliphatic hydroxyl groups excluding tert-OH is 2. The van der Waals surface area contributed by atoms with Gasteiger partial charge in [-0.3, -0.25) is 19.1 Å². The van der Waals surface area contributed by atoms with Gasteiger partial charge < -0.3 is 20.3 Å². The number of hydrogen-bond acceptors (Lipinski definition) is 6. The molecule has 2 heterocycles. The predicted octanol–water partition coefficient (Wildman–Crippen LogP) is 0.260. The molecule has 3 aromatic rings. The third-order valence-corrected chi connectivity index (χ3v) is 5.23. The first-order valence-electron chi connectivity index (χ1n) is 9.52. The van der Waals surface area contributed by atoms with E-state index in [2.05, 4.69) is 10.3 Å². The first kappa shape index (κ1) is 20.0. The molecular formula is C21H21N3O6. The maximum Gasteiger partial charge on any atom is 0.330 e. The molecule has 156 valence electrons. The van der Waals surface area contributed by atoms with Crippen LogP contribution in [0.25, 0.3) is 10.8 Å². The van der Waals surface area contributed by atoms with Crippen LogP contribution in [0, 0.1) is 0 Å². The number of H-pyrrole nitrogens is 1. The monoisotopic (exact) mass is 411 g/mol. The minimum absolute atomic E-state index is 0.0498. The smallest absolute Gasteiger partial charge is 0.330 e. The summed E-state index contributed by atoms with van der Waals surface area (Å²) >= 11 is 0. The molecule has 1 saturated heterocycles. The van der Waals surface area contributed by atoms with Gasteiger partial charge in [0, 0.05) is 19.2 Å². The Labute approximate surface area is 170 Å². The molecule has 1 amide bonds. The Morgan fingerprint density at radius 1 is 1.20 bits per heavy atom. The van der Waals surface area contributed by atoms with E-state index in [1.165, 1.54) is 0 Å². The van der Waals surface area contributed by atoms with Gasteiger partial charge in [0.15, 0.2) is 0 Å². The molecule has 1 aromatic heterocycles. The van der Waals surface area contributed by atoms with Crippen molar-refractivity contribution >= 4 is 16.7 Å². The van der Waals surface area contributed by atoms with Crippen molar-refractivity contribution < 1.29 is 19.7 Å². The number of rotatable bonds is 5. The van der Waals surface area contributed by atoms with Gasteiger partial charge in [0.1, 0.15) is 17.9 Å². The number of aromatic amines is 1. The molecule has 4 N–H and O–H groups in total. The van der Waals surface area contributed by atoms with Crippen LogP contribution < -0.4 is 16.6 Å². The zero-order valence-corrected chi connectivity index (χ0v) is 15.9. The summed E-state index contributed by atoms with van der Waals surface area (Å²) in [5, 5.41) is 23.8. The highest BCUT2D eigenvalue weighted by Gasteiger charge is 2.35. The molecule has 0 aliphatic carbocycles. The van der Waals surface area contributed by atoms with Crippen molar-refractivity contribution in [2.24, 2.45) is 0 Å². The van der Waals surface area contributed by atoms with E-state index < -0.39 is 42.2 Å². The molecule has 1 unspecified atom stereocenters. The van der Waals surface area contributed by atoms with Crippen LogP contribution in [-0.4, -0.2) is 44.5 Å². The van der Waals surface area contributed by atoms with Crippen molar-refractivity contribution in [1.29, 1.82) is 0 Å². The van der Waals surface area contributed by atoms with E-state index in [9.17, 15) is 24.6 Å². The lowest BCUT2D eigenvalue weighted by molar-refractivity contribution is -0.0459. The zero-order chi connectivity index (χ0) is 21.3. The van der Waals surface area contributed by atoms with E-state index in [1.807, 2.05) is 42.5 Å². The fraction of sp³-hybridized carbons (Fsp3) is 0.286. The van der Waals surface area contributed by atoms with Gasteiger partial charge in [0.2, 0.25) is 0 Å². The van der Waals surface area contributed by atoms with Crippen molar-refractivity contribution in [1.82, 2.24) is 14.9 Å². The number of fused-ring (bicyclic) bond motifs is 1. The predicted molar refractivity (Wildman–Crippen MR) is 108 cm³/mol. The van der Waals surface area contributed by atoms with Crippen molar-refractivity contribution in [3.05, 3.63) is 80.6 Å². The van der Waals surface area contributed by atoms with Crippen molar-refractivity contribution in [3.63, 3.8) is 0 Å². The molecule has 0 bridgehead atoms. The number of carbonyl (C=O) groups is 1. The number of nitrogens with zero attached hydrogens (tertiary/aromatic N) is 1. The Bertz CT molecular complexity index is 1200. The van der Waals surface area contributed by atoms with Gasteiger partial charge in [0.05, 0.1) is 12.7 Å². The lowest BCUT2D eigenvalue weighted by Crippen LogP contribution is -2.38. The molecule has 1 aliphatic rings. The van der Waals surface area contributed by atoms with Gasteiger partial charge in [-0.2, -0.15) is 0 Å². The van der Waals surface area contributed by atoms with Gasteiger partial charge in [-0.1, -0.05) is 42.5 Å². The summed E-state index contributed by atoms with van der Waals surface area (Å²) in [4.78, 5) is 39.1. The quantitative estimate of drug-likeness (QED) is 0.476. The molecule has 0 radical (unpaired) electrons. The molecule has 30 heavy (non-hydrogen) atoms. The zero-order valence-electron chi connectivity index (χ0n) is 15.9. The van der Waals surface area contributed by atoms with Gasteiger partial charge in [0.25, 0.3) is 11.5 Å². The van der Waals surface area contributed by atoms with Crippen LogP contribution in [0.1, 0.15) is 28.6 Å². The van der Waals surface area contributed by atoms with E-state index in [1.54, 1.807) is 0 Å². The fourth-order valence-corrected chi connectivity index (χ4v) is 3.63. The molecule has 2 aromatic carbocycles. The largest absolute Gasteiger partial charge is 0.394 e. The number of nitrogens with one attached hydrogen (secondary N) is 2. The second-order valence-electron chi connectivity index (χ2n) is 7.15. The van der Waals surface area contributed by atoms with Crippen molar-refractivity contribution in [2.45, 2.75) is 31.4 Å². The summed E-state index contributed by atoms with van der Waals surface area (Å²) in [6.45, 7) is -0.210. The summed E-state index contributed by atoms with van der Waals surface area (Å²) in [7, 11) is 0. The van der Waals surface area contributed by atoms with Gasteiger partial charge in [-0.25, -0.2) is 4.79 Å². The summed E-state index contributed by atoms with van der Waals surface area (Å²) in [5.74, 6) is -0.643. The maximum absolute atomic E-state index is 12.7. The number of aliphatic hydroxyl groups is 2. The number of carbonyl (C=O) groups excluding carboxylic acids is 1. The van der Waals surface area contributed by atoms with E-state index in [4.69, 9.17) is 4.74 Å². The van der Waals surface area contributed by atoms with Crippen LogP contribution in [-0.2, 0) is 11.3 Å². The van der Waals surface area contributed by atoms with E-state index in [0.29, 0.717) is 0 Å². The number of amides is 1. The Morgan fingerprint density at radius 3 is 2.73 bits per heavy atom. The molecule has 0 saturated carbocycles. The first-order chi connectivity index (χ1) is 14.5. The molecule has 1 aliphatic heterocycles. The summed E-state index contributed by atoms with van der Waals surface area (Å²) in [5.41, 5.74) is -0.940. The van der Waals surface area contributed by atoms with Crippen molar-refractivity contribution in [2.75, 3.05) is 6.61 Å². The molecule has 9 heteroatoms. The Kier molecular flexibility index (Phi) is 5.49. The standard InChI is InChI=1S/C21H21N3O6/c25-11-17-16(26)8-18(30-17)24-10-15(20(28)23-21(24)29)19(27)22-9-13-6-3-5-12-4-1-2-7-14(12)13/h1-7,10,16-18,25-26H,8-9,11H2,(H,22,27)(H,23,28,29)/t16-,17?,18-/m1/s1. The summed E-state index contributed by atoms with van der Waals surface area (Å²) < 4.78 is 6.50. The van der Waals surface area contributed by atoms with Crippen LogP contribution in [0.2, 0.25) is 0 Å². The summed E-state index contributed by atoms with van der Waals surface area (Å²) in [6, 6.07) is 13.5. The average molecular weight is 411 g/mol. The number of benzene rings is 2. The van der Waals surface area contributed by atoms with E-state index in [0.717, 1.165) is 27.1 Å². The van der Waals surface area contributed by atoms with E-state index >= 15 is 0 Å². The second kappa shape index (κ2) is 8.23. The topological polar surface area (TPSA) is 134 Å². The number of aromatic nitrogens is 2. The van der Waals surface area contributed by atoms with E-state index in [-0.39, 0.29) is 18.5 Å². The van der Waals surface area contributed by atoms with Crippen LogP contribution in [0.15, 0.2) is 58.3 Å². The van der Waals surface area contributed by atoms with Crippen LogP contribution >= 0.6 is 0 Å². The number of hydrogen-bond donors (Lipinski definition) is 4. The average Bonchev–Trinajstić information content (AvgIpc) is 3.12. The van der Waals surface area contributed by atoms with Crippen LogP contribution in [0.5, 0.6) is 0 Å². The van der Waals surface area contributed by atoms with Crippen LogP contribution in [0.4, 0.5) is 0 Å². The molecule has 3 atom stereocenters. The lowest BCUT2D eigenvalue weighted by Gasteiger charge is -2.15. The Morgan fingerprint density at radius 2 is 1.97 bits per heavy atom. The van der Waals surface area contributed by atoms with Crippen LogP contribution in [0.3, 0.4) is 0 Å². The van der Waals surface area contributed by atoms with Gasteiger partial charge in [-0.05, 0) is 16.3 Å². The normalized spacial score (nSPS) is 21.1. The molecule has 9 nitrogen and oxygen atoms in total. The number of ether oxygens (including phenoxy) is 1. The van der Waals surface area contributed by atoms with Crippen molar-refractivity contribution in [3.8, 4) is 0 Å². The third kappa shape index (κ3) is 3.78. The third-order valence-electron chi connectivity index (χ3n) is 5.23. The SMILES string of the molecule is O=C(NCc1cccc2ccccc12)c1cn([C@H]2C[C@@H](O)C(CO)O2)c(=O)[nH]c1=O. The highest BCUT2D eigenvalue weighted by molar-refractivity contribution is 5.94. The highest BCUT2D eigenvalue weighted by atomic mass is 16.5. The minimum atomic E-state index is -0.956. The summed E-state index contributed by atoms with van der Waals surface area (Å²) in [6.07, 6.45) is -1.52. The fourth-order valence-electron chi connectivity index (χ4n) is 3.63. The molecular weight excluding hydrogens is 390 g/mol. The first-order valence-corrected chi connectivity index (χ1v) is 9.52. The maximum atomic E-state index is 12.7. The minimum Gasteiger partial charge on any atom is -0.394 e. The molecule has 0 spiro atoms. The second-order valence-corrected chi connectivity index (χ2v) is 7.15. The Balaban J connectivity index is 1.57. The molecule has 1 fully saturated rings.